The van der Waals surface area contributed by atoms with Gasteiger partial charge in [-0.05, 0) is 35.9 Å². The molecular formula is C18H17ClFNO2. The van der Waals surface area contributed by atoms with Gasteiger partial charge in [0, 0.05) is 29.9 Å². The SMILES string of the molecule is CN(C(=O)/C=C/c1ccc(Cl)cc1)c1cccc(OCCF)c1. The molecule has 3 nitrogen and oxygen atoms in total. The summed E-state index contributed by atoms with van der Waals surface area (Å²) in [5.74, 6) is 0.351. The number of benzene rings is 2. The van der Waals surface area contributed by atoms with Gasteiger partial charge in [0.05, 0.1) is 0 Å². The Morgan fingerprint density at radius 3 is 2.70 bits per heavy atom. The highest BCUT2D eigenvalue weighted by Gasteiger charge is 2.08. The summed E-state index contributed by atoms with van der Waals surface area (Å²) in [5.41, 5.74) is 1.56. The smallest absolute Gasteiger partial charge is 0.250 e. The lowest BCUT2D eigenvalue weighted by molar-refractivity contribution is -0.113. The molecule has 2 aromatic carbocycles. The zero-order chi connectivity index (χ0) is 16.7. The number of halogens is 2. The minimum Gasteiger partial charge on any atom is -0.491 e. The van der Waals surface area contributed by atoms with Crippen molar-refractivity contribution in [1.82, 2.24) is 0 Å². The summed E-state index contributed by atoms with van der Waals surface area (Å²) in [6.07, 6.45) is 3.21. The molecule has 0 spiro atoms. The number of rotatable bonds is 6. The number of carbonyl (C=O) groups is 1. The Kier molecular flexibility index (Phi) is 6.18. The van der Waals surface area contributed by atoms with E-state index in [1.807, 2.05) is 12.1 Å². The molecule has 0 aliphatic carbocycles. The second kappa shape index (κ2) is 8.34. The van der Waals surface area contributed by atoms with Crippen LogP contribution >= 0.6 is 11.6 Å². The first kappa shape index (κ1) is 17.0. The van der Waals surface area contributed by atoms with Crippen molar-refractivity contribution < 1.29 is 13.9 Å². The first-order valence-electron chi connectivity index (χ1n) is 7.10. The lowest BCUT2D eigenvalue weighted by Crippen LogP contribution is -2.23. The second-order valence-corrected chi connectivity index (χ2v) is 5.25. The summed E-state index contributed by atoms with van der Waals surface area (Å²) in [6, 6.07) is 14.2. The normalized spacial score (nSPS) is 10.7. The van der Waals surface area contributed by atoms with Crippen LogP contribution in [0, 0.1) is 0 Å². The highest BCUT2D eigenvalue weighted by atomic mass is 35.5. The maximum absolute atomic E-state index is 12.2. The Hall–Kier alpha value is -2.33. The molecular weight excluding hydrogens is 317 g/mol. The molecule has 0 radical (unpaired) electrons. The van der Waals surface area contributed by atoms with Gasteiger partial charge in [-0.15, -0.1) is 0 Å². The van der Waals surface area contributed by atoms with Crippen LogP contribution in [0.2, 0.25) is 5.02 Å². The van der Waals surface area contributed by atoms with Crippen molar-refractivity contribution in [2.24, 2.45) is 0 Å². The van der Waals surface area contributed by atoms with Crippen molar-refractivity contribution in [2.45, 2.75) is 0 Å². The number of hydrogen-bond acceptors (Lipinski definition) is 2. The van der Waals surface area contributed by atoms with Gasteiger partial charge in [-0.25, -0.2) is 4.39 Å². The van der Waals surface area contributed by atoms with E-state index in [4.69, 9.17) is 16.3 Å². The van der Waals surface area contributed by atoms with Gasteiger partial charge in [-0.1, -0.05) is 29.8 Å². The Morgan fingerprint density at radius 1 is 1.26 bits per heavy atom. The fourth-order valence-electron chi connectivity index (χ4n) is 1.92. The number of alkyl halides is 1. The monoisotopic (exact) mass is 333 g/mol. The minimum atomic E-state index is -0.553. The maximum atomic E-state index is 12.2. The van der Waals surface area contributed by atoms with Crippen LogP contribution in [0.1, 0.15) is 5.56 Å². The van der Waals surface area contributed by atoms with Crippen molar-refractivity contribution in [1.29, 1.82) is 0 Å². The van der Waals surface area contributed by atoms with Crippen LogP contribution in [-0.2, 0) is 4.79 Å². The van der Waals surface area contributed by atoms with E-state index in [9.17, 15) is 9.18 Å². The van der Waals surface area contributed by atoms with Gasteiger partial charge in [-0.3, -0.25) is 4.79 Å². The zero-order valence-electron chi connectivity index (χ0n) is 12.7. The summed E-state index contributed by atoms with van der Waals surface area (Å²) in [4.78, 5) is 13.7. The van der Waals surface area contributed by atoms with E-state index in [0.717, 1.165) is 5.56 Å². The number of likely N-dealkylation sites (N-methyl/N-ethyl adjacent to an activating group) is 1. The molecule has 5 heteroatoms. The molecule has 0 aliphatic rings. The molecule has 0 heterocycles. The van der Waals surface area contributed by atoms with Gasteiger partial charge in [0.15, 0.2) is 0 Å². The molecule has 0 saturated heterocycles. The number of hydrogen-bond donors (Lipinski definition) is 0. The van der Waals surface area contributed by atoms with Crippen molar-refractivity contribution in [3.8, 4) is 5.75 Å². The molecule has 0 aromatic heterocycles. The molecule has 0 N–H and O–H groups in total. The molecule has 0 unspecified atom stereocenters. The number of amides is 1. The lowest BCUT2D eigenvalue weighted by atomic mass is 10.2. The molecule has 2 rings (SSSR count). The van der Waals surface area contributed by atoms with E-state index in [1.54, 1.807) is 49.5 Å². The molecule has 2 aromatic rings. The van der Waals surface area contributed by atoms with Crippen LogP contribution in [0.4, 0.5) is 10.1 Å². The Labute approximate surface area is 139 Å². The quantitative estimate of drug-likeness (QED) is 0.735. The van der Waals surface area contributed by atoms with Crippen LogP contribution < -0.4 is 9.64 Å². The average Bonchev–Trinajstić information content (AvgIpc) is 2.58. The highest BCUT2D eigenvalue weighted by molar-refractivity contribution is 6.30. The third-order valence-corrected chi connectivity index (χ3v) is 3.42. The zero-order valence-corrected chi connectivity index (χ0v) is 13.5. The molecule has 0 saturated carbocycles. The standard InChI is InChI=1S/C18H17ClFNO2/c1-21(16-3-2-4-17(13-16)23-12-11-20)18(22)10-7-14-5-8-15(19)9-6-14/h2-10,13H,11-12H2,1H3/b10-7+. The van der Waals surface area contributed by atoms with Gasteiger partial charge < -0.3 is 9.64 Å². The fourth-order valence-corrected chi connectivity index (χ4v) is 2.04. The predicted octanol–water partition coefficient (Wildman–Crippen LogP) is 4.36. The molecule has 0 atom stereocenters. The van der Waals surface area contributed by atoms with E-state index in [0.29, 0.717) is 16.5 Å². The summed E-state index contributed by atoms with van der Waals surface area (Å²) < 4.78 is 17.4. The van der Waals surface area contributed by atoms with E-state index in [1.165, 1.54) is 11.0 Å². The highest BCUT2D eigenvalue weighted by Crippen LogP contribution is 2.21. The van der Waals surface area contributed by atoms with Gasteiger partial charge in [0.1, 0.15) is 19.0 Å². The number of anilines is 1. The van der Waals surface area contributed by atoms with Crippen LogP contribution in [-0.4, -0.2) is 26.2 Å². The summed E-state index contributed by atoms with van der Waals surface area (Å²) >= 11 is 5.82. The fraction of sp³-hybridized carbons (Fsp3) is 0.167. The van der Waals surface area contributed by atoms with E-state index >= 15 is 0 Å². The summed E-state index contributed by atoms with van der Waals surface area (Å²) in [5, 5.41) is 0.649. The van der Waals surface area contributed by atoms with Crippen LogP contribution in [0.3, 0.4) is 0 Å². The van der Waals surface area contributed by atoms with Gasteiger partial charge >= 0.3 is 0 Å². The lowest BCUT2D eigenvalue weighted by Gasteiger charge is -2.16. The van der Waals surface area contributed by atoms with Crippen LogP contribution in [0.15, 0.2) is 54.6 Å². The predicted molar refractivity (Wildman–Crippen MR) is 91.8 cm³/mol. The van der Waals surface area contributed by atoms with Crippen molar-refractivity contribution >= 4 is 29.3 Å². The van der Waals surface area contributed by atoms with E-state index in [2.05, 4.69) is 0 Å². The molecule has 0 bridgehead atoms. The van der Waals surface area contributed by atoms with Crippen molar-refractivity contribution in [2.75, 3.05) is 25.2 Å². The number of carbonyl (C=O) groups excluding carboxylic acids is 1. The van der Waals surface area contributed by atoms with Crippen LogP contribution in [0.5, 0.6) is 5.75 Å². The van der Waals surface area contributed by atoms with Gasteiger partial charge in [0.2, 0.25) is 0 Å². The molecule has 1 amide bonds. The van der Waals surface area contributed by atoms with Gasteiger partial charge in [-0.2, -0.15) is 0 Å². The Balaban J connectivity index is 2.05. The Bertz CT molecular complexity index is 686. The maximum Gasteiger partial charge on any atom is 0.250 e. The van der Waals surface area contributed by atoms with E-state index < -0.39 is 6.67 Å². The van der Waals surface area contributed by atoms with Crippen molar-refractivity contribution in [3.63, 3.8) is 0 Å². The molecule has 120 valence electrons. The topological polar surface area (TPSA) is 29.5 Å². The third-order valence-electron chi connectivity index (χ3n) is 3.17. The van der Waals surface area contributed by atoms with Crippen LogP contribution in [0.25, 0.3) is 6.08 Å². The Morgan fingerprint density at radius 2 is 2.00 bits per heavy atom. The molecule has 0 fully saturated rings. The third kappa shape index (κ3) is 5.11. The minimum absolute atomic E-state index is 0.00240. The van der Waals surface area contributed by atoms with Gasteiger partial charge in [0.25, 0.3) is 5.91 Å². The van der Waals surface area contributed by atoms with Crippen molar-refractivity contribution in [3.05, 3.63) is 65.2 Å². The first-order chi connectivity index (χ1) is 11.1. The molecule has 0 aliphatic heterocycles. The first-order valence-corrected chi connectivity index (χ1v) is 7.48. The summed E-state index contributed by atoms with van der Waals surface area (Å²) in [7, 11) is 1.67. The number of nitrogens with zero attached hydrogens (tertiary/aromatic N) is 1. The van der Waals surface area contributed by atoms with E-state index in [-0.39, 0.29) is 12.5 Å². The largest absolute Gasteiger partial charge is 0.491 e. The molecule has 23 heavy (non-hydrogen) atoms. The average molecular weight is 334 g/mol. The number of ether oxygens (including phenoxy) is 1. The summed E-state index contributed by atoms with van der Waals surface area (Å²) in [6.45, 7) is -0.555. The second-order valence-electron chi connectivity index (χ2n) is 4.82.